The van der Waals surface area contributed by atoms with Crippen molar-refractivity contribution in [3.8, 4) is 0 Å². The molecular weight excluding hydrogens is 302 g/mol. The second-order valence-electron chi connectivity index (χ2n) is 6.94. The zero-order valence-corrected chi connectivity index (χ0v) is 15.0. The third-order valence-corrected chi connectivity index (χ3v) is 4.38. The van der Waals surface area contributed by atoms with E-state index in [0.29, 0.717) is 6.61 Å². The molecule has 5 heteroatoms. The molecule has 1 aliphatic heterocycles. The van der Waals surface area contributed by atoms with Crippen LogP contribution >= 0.6 is 0 Å². The van der Waals surface area contributed by atoms with Crippen LogP contribution in [0.2, 0.25) is 0 Å². The van der Waals surface area contributed by atoms with E-state index in [0.717, 1.165) is 36.3 Å². The molecule has 2 rings (SSSR count). The molecule has 1 aliphatic rings. The van der Waals surface area contributed by atoms with E-state index in [1.165, 1.54) is 12.8 Å². The van der Waals surface area contributed by atoms with E-state index < -0.39 is 5.54 Å². The Morgan fingerprint density at radius 3 is 2.71 bits per heavy atom. The summed E-state index contributed by atoms with van der Waals surface area (Å²) < 4.78 is 0. The largest absolute Gasteiger partial charge is 0.339 e. The van der Waals surface area contributed by atoms with Gasteiger partial charge < -0.3 is 10.2 Å². The first kappa shape index (κ1) is 18.5. The summed E-state index contributed by atoms with van der Waals surface area (Å²) in [5.41, 5.74) is 5.07. The Hall–Kier alpha value is -1.85. The highest BCUT2D eigenvalue weighted by Crippen LogP contribution is 2.23. The molecule has 2 N–H and O–H groups in total. The third-order valence-electron chi connectivity index (χ3n) is 4.38. The zero-order chi connectivity index (χ0) is 17.6. The van der Waals surface area contributed by atoms with Crippen LogP contribution in [0.25, 0.3) is 5.57 Å². The van der Waals surface area contributed by atoms with Crippen molar-refractivity contribution in [2.75, 3.05) is 26.2 Å². The van der Waals surface area contributed by atoms with Crippen LogP contribution in [0.4, 0.5) is 4.79 Å². The van der Waals surface area contributed by atoms with Crippen LogP contribution in [-0.4, -0.2) is 37.2 Å². The van der Waals surface area contributed by atoms with Crippen LogP contribution in [0.1, 0.15) is 44.7 Å². The van der Waals surface area contributed by atoms with Crippen LogP contribution in [0.3, 0.4) is 0 Å². The predicted molar refractivity (Wildman–Crippen MR) is 97.5 cm³/mol. The van der Waals surface area contributed by atoms with Gasteiger partial charge in [0.05, 0.1) is 12.1 Å². The number of carbonyl (C=O) groups excluding carboxylic acids is 1. The molecule has 0 aromatic heterocycles. The molecule has 0 atom stereocenters. The summed E-state index contributed by atoms with van der Waals surface area (Å²) in [4.78, 5) is 19.7. The predicted octanol–water partition coefficient (Wildman–Crippen LogP) is 3.28. The number of hydrogen-bond donors (Lipinski definition) is 2. The average molecular weight is 331 g/mol. The maximum Gasteiger partial charge on any atom is 0.339 e. The van der Waals surface area contributed by atoms with Crippen molar-refractivity contribution < 1.29 is 9.63 Å². The number of carbonyl (C=O) groups is 1. The van der Waals surface area contributed by atoms with Crippen molar-refractivity contribution in [2.24, 2.45) is 0 Å². The molecule has 5 nitrogen and oxygen atoms in total. The Morgan fingerprint density at radius 2 is 2.04 bits per heavy atom. The van der Waals surface area contributed by atoms with Crippen molar-refractivity contribution in [3.63, 3.8) is 0 Å². The maximum atomic E-state index is 12.1. The summed E-state index contributed by atoms with van der Waals surface area (Å²) in [5.74, 6) is 0. The Morgan fingerprint density at radius 1 is 1.33 bits per heavy atom. The molecule has 0 radical (unpaired) electrons. The lowest BCUT2D eigenvalue weighted by Crippen LogP contribution is -2.46. The van der Waals surface area contributed by atoms with Crippen LogP contribution in [0.15, 0.2) is 30.8 Å². The van der Waals surface area contributed by atoms with Crippen molar-refractivity contribution >= 4 is 11.6 Å². The number of benzene rings is 1. The number of hydroxylamine groups is 1. The number of hydrogen-bond acceptors (Lipinski definition) is 3. The Bertz CT molecular complexity index is 578. The highest BCUT2D eigenvalue weighted by atomic mass is 16.7. The standard InChI is InChI=1S/C19H29N3O2/c1-15(2)16-8-7-9-17(14-16)19(3,4)20-18(23)21-24-13-12-22-10-5-6-11-22/h7-9,14H,1,5-6,10-13H2,2-4H3,(H2,20,21,23). The molecule has 1 heterocycles. The van der Waals surface area contributed by atoms with Crippen LogP contribution in [-0.2, 0) is 10.4 Å². The normalized spacial score (nSPS) is 15.3. The molecule has 1 aromatic rings. The van der Waals surface area contributed by atoms with Crippen molar-refractivity contribution in [1.29, 1.82) is 0 Å². The minimum atomic E-state index is -0.506. The summed E-state index contributed by atoms with van der Waals surface area (Å²) in [5, 5.41) is 2.95. The first-order valence-corrected chi connectivity index (χ1v) is 8.57. The Balaban J connectivity index is 1.80. The lowest BCUT2D eigenvalue weighted by molar-refractivity contribution is 0.0463. The minimum absolute atomic E-state index is 0.331. The van der Waals surface area contributed by atoms with E-state index in [-0.39, 0.29) is 6.03 Å². The number of nitrogens with one attached hydrogen (secondary N) is 2. The van der Waals surface area contributed by atoms with Gasteiger partial charge in [0.2, 0.25) is 0 Å². The first-order valence-electron chi connectivity index (χ1n) is 8.57. The van der Waals surface area contributed by atoms with Crippen molar-refractivity contribution in [3.05, 3.63) is 42.0 Å². The van der Waals surface area contributed by atoms with Crippen LogP contribution in [0.5, 0.6) is 0 Å². The van der Waals surface area contributed by atoms with E-state index in [4.69, 9.17) is 4.84 Å². The molecule has 0 saturated carbocycles. The lowest BCUT2D eigenvalue weighted by Gasteiger charge is -2.27. The molecule has 1 saturated heterocycles. The van der Waals surface area contributed by atoms with Gasteiger partial charge in [-0.05, 0) is 63.9 Å². The van der Waals surface area contributed by atoms with Gasteiger partial charge in [-0.25, -0.2) is 10.3 Å². The van der Waals surface area contributed by atoms with E-state index >= 15 is 0 Å². The van der Waals surface area contributed by atoms with Gasteiger partial charge in [-0.3, -0.25) is 4.84 Å². The topological polar surface area (TPSA) is 53.6 Å². The summed E-state index contributed by atoms with van der Waals surface area (Å²) in [7, 11) is 0. The van der Waals surface area contributed by atoms with Crippen molar-refractivity contribution in [1.82, 2.24) is 15.7 Å². The number of likely N-dealkylation sites (tertiary alicyclic amines) is 1. The highest BCUT2D eigenvalue weighted by molar-refractivity contribution is 5.74. The number of allylic oxidation sites excluding steroid dienone is 1. The molecule has 2 amide bonds. The monoisotopic (exact) mass is 331 g/mol. The molecule has 0 spiro atoms. The van der Waals surface area contributed by atoms with Crippen LogP contribution in [0, 0.1) is 0 Å². The summed E-state index contributed by atoms with van der Waals surface area (Å²) in [6.45, 7) is 13.5. The van der Waals surface area contributed by atoms with E-state index in [9.17, 15) is 4.79 Å². The fraction of sp³-hybridized carbons (Fsp3) is 0.526. The SMILES string of the molecule is C=C(C)c1cccc(C(C)(C)NC(=O)NOCCN2CCCC2)c1. The number of urea groups is 1. The van der Waals surface area contributed by atoms with Gasteiger partial charge in [-0.2, -0.15) is 0 Å². The Labute approximate surface area is 145 Å². The van der Waals surface area contributed by atoms with E-state index in [2.05, 4.69) is 28.3 Å². The number of rotatable bonds is 7. The van der Waals surface area contributed by atoms with E-state index in [1.54, 1.807) is 0 Å². The quantitative estimate of drug-likeness (QED) is 0.595. The summed E-state index contributed by atoms with van der Waals surface area (Å²) in [6, 6.07) is 7.72. The van der Waals surface area contributed by atoms with Gasteiger partial charge in [0.25, 0.3) is 0 Å². The molecule has 24 heavy (non-hydrogen) atoms. The van der Waals surface area contributed by atoms with Gasteiger partial charge in [0.15, 0.2) is 0 Å². The molecule has 1 fully saturated rings. The maximum absolute atomic E-state index is 12.1. The van der Waals surface area contributed by atoms with Gasteiger partial charge in [-0.15, -0.1) is 0 Å². The summed E-state index contributed by atoms with van der Waals surface area (Å²) in [6.07, 6.45) is 2.51. The molecule has 1 aromatic carbocycles. The second kappa shape index (κ2) is 8.31. The zero-order valence-electron chi connectivity index (χ0n) is 15.0. The highest BCUT2D eigenvalue weighted by Gasteiger charge is 2.23. The minimum Gasteiger partial charge on any atom is -0.327 e. The molecule has 0 bridgehead atoms. The third kappa shape index (κ3) is 5.35. The average Bonchev–Trinajstić information content (AvgIpc) is 3.04. The molecule has 132 valence electrons. The smallest absolute Gasteiger partial charge is 0.327 e. The van der Waals surface area contributed by atoms with Gasteiger partial charge in [-0.1, -0.05) is 30.4 Å². The lowest BCUT2D eigenvalue weighted by atomic mass is 9.92. The van der Waals surface area contributed by atoms with Crippen molar-refractivity contribution in [2.45, 2.75) is 39.2 Å². The molecule has 0 unspecified atom stereocenters. The van der Waals surface area contributed by atoms with Gasteiger partial charge >= 0.3 is 6.03 Å². The number of amides is 2. The van der Waals surface area contributed by atoms with Gasteiger partial charge in [0, 0.05) is 6.54 Å². The Kier molecular flexibility index (Phi) is 6.40. The summed E-state index contributed by atoms with van der Waals surface area (Å²) >= 11 is 0. The molecular formula is C19H29N3O2. The van der Waals surface area contributed by atoms with Gasteiger partial charge in [0.1, 0.15) is 0 Å². The fourth-order valence-electron chi connectivity index (χ4n) is 2.85. The van der Waals surface area contributed by atoms with Crippen LogP contribution < -0.4 is 10.8 Å². The molecule has 0 aliphatic carbocycles. The van der Waals surface area contributed by atoms with E-state index in [1.807, 2.05) is 39.0 Å². The second-order valence-corrected chi connectivity index (χ2v) is 6.94. The fourth-order valence-corrected chi connectivity index (χ4v) is 2.85. The first-order chi connectivity index (χ1) is 11.4. The number of nitrogens with zero attached hydrogens (tertiary/aromatic N) is 1.